The molecule has 166 valence electrons. The molecule has 0 radical (unpaired) electrons. The third-order valence-corrected chi connectivity index (χ3v) is 6.76. The Labute approximate surface area is 196 Å². The highest BCUT2D eigenvalue weighted by Crippen LogP contribution is 2.27. The molecule has 3 rings (SSSR count). The van der Waals surface area contributed by atoms with Crippen LogP contribution in [0.1, 0.15) is 32.6 Å². The summed E-state index contributed by atoms with van der Waals surface area (Å²) < 4.78 is 1.70. The van der Waals surface area contributed by atoms with Gasteiger partial charge in [-0.2, -0.15) is 5.26 Å². The number of anilines is 1. The third-order valence-electron chi connectivity index (χ3n) is 4.85. The van der Waals surface area contributed by atoms with E-state index in [1.54, 1.807) is 10.6 Å². The van der Waals surface area contributed by atoms with Crippen molar-refractivity contribution in [1.82, 2.24) is 9.55 Å². The standard InChI is InChI=1S/C24H26N4O2S2/c1-2-3-4-9-15-28-23(30)18-10-5-6-11-19(18)27-24(28)32-17-22(29)26-20-12-7-8-13-21(20)31-16-14-25/h5-8,10-13H,2-4,9,15-17H2,1H3,(H,26,29). The van der Waals surface area contributed by atoms with Gasteiger partial charge < -0.3 is 5.32 Å². The summed E-state index contributed by atoms with van der Waals surface area (Å²) in [5, 5.41) is 12.9. The molecule has 8 heteroatoms. The lowest BCUT2D eigenvalue weighted by atomic mass is 10.2. The van der Waals surface area contributed by atoms with Crippen LogP contribution in [-0.2, 0) is 11.3 Å². The second-order valence-electron chi connectivity index (χ2n) is 7.21. The molecule has 1 heterocycles. The summed E-state index contributed by atoms with van der Waals surface area (Å²) >= 11 is 2.65. The SMILES string of the molecule is CCCCCCn1c(SCC(=O)Nc2ccccc2SCC#N)nc2ccccc2c1=O. The Balaban J connectivity index is 1.75. The van der Waals surface area contributed by atoms with Gasteiger partial charge in [0.05, 0.1) is 34.2 Å². The largest absolute Gasteiger partial charge is 0.324 e. The lowest BCUT2D eigenvalue weighted by Gasteiger charge is -2.13. The quantitative estimate of drug-likeness (QED) is 0.234. The lowest BCUT2D eigenvalue weighted by Crippen LogP contribution is -2.24. The minimum absolute atomic E-state index is 0.0618. The molecule has 6 nitrogen and oxygen atoms in total. The van der Waals surface area contributed by atoms with Gasteiger partial charge in [0.25, 0.3) is 5.56 Å². The zero-order valence-corrected chi connectivity index (χ0v) is 19.7. The highest BCUT2D eigenvalue weighted by molar-refractivity contribution is 8.00. The van der Waals surface area contributed by atoms with Crippen LogP contribution < -0.4 is 10.9 Å². The molecule has 0 aliphatic carbocycles. The highest BCUT2D eigenvalue weighted by Gasteiger charge is 2.14. The molecule has 1 N–H and O–H groups in total. The summed E-state index contributed by atoms with van der Waals surface area (Å²) in [5.74, 6) is 0.268. The molecule has 0 atom stereocenters. The van der Waals surface area contributed by atoms with Gasteiger partial charge in [-0.15, -0.1) is 11.8 Å². The number of thioether (sulfide) groups is 2. The average Bonchev–Trinajstić information content (AvgIpc) is 2.81. The Morgan fingerprint density at radius 1 is 1.09 bits per heavy atom. The molecule has 0 fully saturated rings. The maximum absolute atomic E-state index is 13.1. The molecule has 0 saturated carbocycles. The number of benzene rings is 2. The van der Waals surface area contributed by atoms with Crippen LogP contribution in [0.3, 0.4) is 0 Å². The number of nitriles is 1. The predicted octanol–water partition coefficient (Wildman–Crippen LogP) is 5.32. The fourth-order valence-electron chi connectivity index (χ4n) is 3.27. The molecule has 1 aromatic heterocycles. The number of nitrogens with zero attached hydrogens (tertiary/aromatic N) is 3. The average molecular weight is 467 g/mol. The van der Waals surface area contributed by atoms with Crippen molar-refractivity contribution in [3.63, 3.8) is 0 Å². The molecular formula is C24H26N4O2S2. The van der Waals surface area contributed by atoms with Crippen molar-refractivity contribution in [2.24, 2.45) is 0 Å². The molecule has 3 aromatic rings. The van der Waals surface area contributed by atoms with Crippen LogP contribution in [0, 0.1) is 11.3 Å². The minimum Gasteiger partial charge on any atom is -0.324 e. The van der Waals surface area contributed by atoms with Crippen LogP contribution in [0.4, 0.5) is 5.69 Å². The van der Waals surface area contributed by atoms with Gasteiger partial charge in [-0.25, -0.2) is 4.98 Å². The van der Waals surface area contributed by atoms with E-state index in [4.69, 9.17) is 5.26 Å². The van der Waals surface area contributed by atoms with Crippen molar-refractivity contribution in [2.75, 3.05) is 16.8 Å². The number of fused-ring (bicyclic) bond motifs is 1. The molecule has 0 bridgehead atoms. The molecular weight excluding hydrogens is 440 g/mol. The van der Waals surface area contributed by atoms with Crippen molar-refractivity contribution in [2.45, 2.75) is 49.2 Å². The van der Waals surface area contributed by atoms with E-state index in [0.29, 0.717) is 34.0 Å². The molecule has 0 aliphatic rings. The van der Waals surface area contributed by atoms with Crippen molar-refractivity contribution in [3.05, 3.63) is 58.9 Å². The van der Waals surface area contributed by atoms with Crippen LogP contribution in [-0.4, -0.2) is 27.0 Å². The summed E-state index contributed by atoms with van der Waals surface area (Å²) in [4.78, 5) is 31.3. The smallest absolute Gasteiger partial charge is 0.262 e. The first-order valence-electron chi connectivity index (χ1n) is 10.6. The summed E-state index contributed by atoms with van der Waals surface area (Å²) in [6, 6.07) is 16.8. The van der Waals surface area contributed by atoms with Crippen LogP contribution in [0.15, 0.2) is 63.4 Å². The predicted molar refractivity (Wildman–Crippen MR) is 132 cm³/mol. The zero-order valence-electron chi connectivity index (χ0n) is 18.0. The number of hydrogen-bond acceptors (Lipinski definition) is 6. The Morgan fingerprint density at radius 2 is 1.88 bits per heavy atom. The van der Waals surface area contributed by atoms with Gasteiger partial charge in [0.1, 0.15) is 0 Å². The summed E-state index contributed by atoms with van der Waals surface area (Å²) in [5.41, 5.74) is 1.26. The Hall–Kier alpha value is -2.76. The Kier molecular flexibility index (Phi) is 9.20. The molecule has 2 aromatic carbocycles. The molecule has 0 aliphatic heterocycles. The number of carbonyl (C=O) groups excluding carboxylic acids is 1. The van der Waals surface area contributed by atoms with Gasteiger partial charge in [0, 0.05) is 11.4 Å². The van der Waals surface area contributed by atoms with E-state index < -0.39 is 0 Å². The van der Waals surface area contributed by atoms with E-state index in [1.165, 1.54) is 23.5 Å². The zero-order chi connectivity index (χ0) is 22.8. The van der Waals surface area contributed by atoms with Gasteiger partial charge in [0.2, 0.25) is 5.91 Å². The van der Waals surface area contributed by atoms with Crippen molar-refractivity contribution >= 4 is 46.0 Å². The number of rotatable bonds is 11. The number of aromatic nitrogens is 2. The molecule has 1 amide bonds. The first kappa shape index (κ1) is 23.9. The van der Waals surface area contributed by atoms with E-state index >= 15 is 0 Å². The van der Waals surface area contributed by atoms with Gasteiger partial charge in [-0.05, 0) is 30.7 Å². The Morgan fingerprint density at radius 3 is 2.69 bits per heavy atom. The number of nitrogens with one attached hydrogen (secondary N) is 1. The number of hydrogen-bond donors (Lipinski definition) is 1. The second-order valence-corrected chi connectivity index (χ2v) is 9.17. The van der Waals surface area contributed by atoms with E-state index in [9.17, 15) is 9.59 Å². The minimum atomic E-state index is -0.181. The molecule has 0 saturated heterocycles. The summed E-state index contributed by atoms with van der Waals surface area (Å²) in [6.45, 7) is 2.74. The lowest BCUT2D eigenvalue weighted by molar-refractivity contribution is -0.113. The molecule has 0 spiro atoms. The third kappa shape index (κ3) is 6.38. The molecule has 0 unspecified atom stereocenters. The van der Waals surface area contributed by atoms with E-state index in [0.717, 1.165) is 30.6 Å². The Bertz CT molecular complexity index is 1170. The van der Waals surface area contributed by atoms with Gasteiger partial charge in [-0.1, -0.05) is 62.2 Å². The topological polar surface area (TPSA) is 87.8 Å². The molecule has 32 heavy (non-hydrogen) atoms. The van der Waals surface area contributed by atoms with E-state index in [2.05, 4.69) is 23.3 Å². The van der Waals surface area contributed by atoms with Gasteiger partial charge in [-0.3, -0.25) is 14.2 Å². The van der Waals surface area contributed by atoms with Crippen LogP contribution in [0.2, 0.25) is 0 Å². The fraction of sp³-hybridized carbons (Fsp3) is 0.333. The van der Waals surface area contributed by atoms with Gasteiger partial charge in [0.15, 0.2) is 5.16 Å². The first-order chi connectivity index (χ1) is 15.6. The van der Waals surface area contributed by atoms with Crippen molar-refractivity contribution < 1.29 is 4.79 Å². The highest BCUT2D eigenvalue weighted by atomic mass is 32.2. The maximum atomic E-state index is 13.1. The number of para-hydroxylation sites is 2. The van der Waals surface area contributed by atoms with E-state index in [1.807, 2.05) is 42.5 Å². The van der Waals surface area contributed by atoms with Crippen LogP contribution in [0.5, 0.6) is 0 Å². The summed E-state index contributed by atoms with van der Waals surface area (Å²) in [6.07, 6.45) is 4.21. The fourth-order valence-corrected chi connectivity index (χ4v) is 4.77. The van der Waals surface area contributed by atoms with Gasteiger partial charge >= 0.3 is 0 Å². The normalized spacial score (nSPS) is 10.8. The first-order valence-corrected chi connectivity index (χ1v) is 12.6. The number of unbranched alkanes of at least 4 members (excludes halogenated alkanes) is 3. The monoisotopic (exact) mass is 466 g/mol. The maximum Gasteiger partial charge on any atom is 0.262 e. The van der Waals surface area contributed by atoms with Crippen LogP contribution >= 0.6 is 23.5 Å². The van der Waals surface area contributed by atoms with Crippen LogP contribution in [0.25, 0.3) is 10.9 Å². The number of carbonyl (C=O) groups is 1. The van der Waals surface area contributed by atoms with E-state index in [-0.39, 0.29) is 17.2 Å². The second kappa shape index (κ2) is 12.3. The van der Waals surface area contributed by atoms with Crippen molar-refractivity contribution in [3.8, 4) is 6.07 Å². The summed E-state index contributed by atoms with van der Waals surface area (Å²) in [7, 11) is 0. The van der Waals surface area contributed by atoms with Crippen molar-refractivity contribution in [1.29, 1.82) is 5.26 Å². The number of amides is 1.